The minimum Gasteiger partial charge on any atom is -0.497 e. The molecule has 6 heteroatoms. The molecule has 1 aliphatic rings. The Hall–Kier alpha value is -3.28. The normalized spacial score (nSPS) is 14.0. The lowest BCUT2D eigenvalue weighted by Gasteiger charge is -2.08. The third kappa shape index (κ3) is 3.06. The maximum absolute atomic E-state index is 12.4. The summed E-state index contributed by atoms with van der Waals surface area (Å²) >= 11 is 0. The van der Waals surface area contributed by atoms with Gasteiger partial charge in [0.2, 0.25) is 0 Å². The second kappa shape index (κ2) is 6.68. The molecule has 0 saturated carbocycles. The number of carbonyl (C=O) groups is 2. The highest BCUT2D eigenvalue weighted by Crippen LogP contribution is 2.36. The molecule has 3 rings (SSSR count). The number of amides is 1. The van der Waals surface area contributed by atoms with Crippen LogP contribution in [0.2, 0.25) is 0 Å². The van der Waals surface area contributed by atoms with Crippen LogP contribution in [0.15, 0.2) is 36.4 Å². The molecule has 2 aromatic rings. The first-order valence-corrected chi connectivity index (χ1v) is 7.55. The van der Waals surface area contributed by atoms with Gasteiger partial charge in [0.1, 0.15) is 11.5 Å². The number of rotatable bonds is 4. The number of fused-ring (bicyclic) bond motifs is 1. The lowest BCUT2D eigenvalue weighted by atomic mass is 10.0. The van der Waals surface area contributed by atoms with E-state index in [-0.39, 0.29) is 5.91 Å². The lowest BCUT2D eigenvalue weighted by molar-refractivity contribution is -0.110. The van der Waals surface area contributed by atoms with Crippen LogP contribution in [-0.2, 0) is 9.53 Å². The molecule has 2 aromatic carbocycles. The van der Waals surface area contributed by atoms with Gasteiger partial charge in [-0.2, -0.15) is 0 Å². The lowest BCUT2D eigenvalue weighted by Crippen LogP contribution is -2.04. The summed E-state index contributed by atoms with van der Waals surface area (Å²) in [7, 11) is 4.45. The number of methoxy groups -OCH3 is 3. The summed E-state index contributed by atoms with van der Waals surface area (Å²) in [4.78, 5) is 24.0. The molecule has 1 heterocycles. The van der Waals surface area contributed by atoms with Gasteiger partial charge >= 0.3 is 5.97 Å². The monoisotopic (exact) mass is 339 g/mol. The van der Waals surface area contributed by atoms with Crippen LogP contribution in [0.25, 0.3) is 11.6 Å². The molecule has 0 bridgehead atoms. The average molecular weight is 339 g/mol. The third-order valence-electron chi connectivity index (χ3n) is 3.96. The molecule has 0 spiro atoms. The predicted molar refractivity (Wildman–Crippen MR) is 93.8 cm³/mol. The topological polar surface area (TPSA) is 73.9 Å². The third-order valence-corrected chi connectivity index (χ3v) is 3.96. The zero-order chi connectivity index (χ0) is 18.0. The number of hydrogen-bond acceptors (Lipinski definition) is 5. The van der Waals surface area contributed by atoms with E-state index in [0.717, 1.165) is 5.56 Å². The van der Waals surface area contributed by atoms with Gasteiger partial charge in [0.25, 0.3) is 5.91 Å². The molecule has 0 fully saturated rings. The highest BCUT2D eigenvalue weighted by molar-refractivity contribution is 6.35. The molecule has 1 amide bonds. The summed E-state index contributed by atoms with van der Waals surface area (Å²) in [6.07, 6.45) is 1.74. The fourth-order valence-electron chi connectivity index (χ4n) is 2.69. The summed E-state index contributed by atoms with van der Waals surface area (Å²) in [6.45, 7) is 0. The van der Waals surface area contributed by atoms with Crippen molar-refractivity contribution in [3.63, 3.8) is 0 Å². The average Bonchev–Trinajstić information content (AvgIpc) is 2.95. The van der Waals surface area contributed by atoms with Crippen molar-refractivity contribution in [1.29, 1.82) is 0 Å². The van der Waals surface area contributed by atoms with Crippen LogP contribution in [0.4, 0.5) is 5.69 Å². The molecular weight excluding hydrogens is 322 g/mol. The molecule has 128 valence electrons. The van der Waals surface area contributed by atoms with Crippen molar-refractivity contribution in [3.05, 3.63) is 53.1 Å². The van der Waals surface area contributed by atoms with E-state index in [1.165, 1.54) is 7.11 Å². The Labute approximate surface area is 145 Å². The fraction of sp³-hybridized carbons (Fsp3) is 0.158. The van der Waals surface area contributed by atoms with Crippen LogP contribution >= 0.6 is 0 Å². The van der Waals surface area contributed by atoms with Gasteiger partial charge < -0.3 is 19.5 Å². The van der Waals surface area contributed by atoms with Crippen LogP contribution < -0.4 is 14.8 Å². The number of nitrogens with one attached hydrogen (secondary N) is 1. The van der Waals surface area contributed by atoms with Crippen LogP contribution in [0.1, 0.15) is 21.5 Å². The molecule has 0 aromatic heterocycles. The number of anilines is 1. The summed E-state index contributed by atoms with van der Waals surface area (Å²) < 4.78 is 15.3. The van der Waals surface area contributed by atoms with Gasteiger partial charge in [0.15, 0.2) is 0 Å². The number of benzene rings is 2. The van der Waals surface area contributed by atoms with Gasteiger partial charge in [-0.1, -0.05) is 6.07 Å². The van der Waals surface area contributed by atoms with Gasteiger partial charge in [0.05, 0.1) is 26.9 Å². The van der Waals surface area contributed by atoms with Crippen molar-refractivity contribution in [2.24, 2.45) is 0 Å². The van der Waals surface area contributed by atoms with Crippen LogP contribution in [0.5, 0.6) is 11.5 Å². The van der Waals surface area contributed by atoms with Gasteiger partial charge in [-0.05, 0) is 36.4 Å². The smallest absolute Gasteiger partial charge is 0.337 e. The molecular formula is C19H17NO5. The van der Waals surface area contributed by atoms with Crippen LogP contribution in [-0.4, -0.2) is 33.2 Å². The standard InChI is InChI=1S/C19H17NO5/c1-23-13-5-7-17(24-2)12(8-13)9-15-14-6-4-11(19(22)25-3)10-16(14)20-18(15)21/h4-10H,1-3H3,(H,20,21)/b15-9+. The first kappa shape index (κ1) is 16.6. The van der Waals surface area contributed by atoms with Crippen molar-refractivity contribution >= 4 is 29.2 Å². The molecule has 0 radical (unpaired) electrons. The van der Waals surface area contributed by atoms with Gasteiger partial charge in [-0.25, -0.2) is 4.79 Å². The van der Waals surface area contributed by atoms with E-state index in [2.05, 4.69) is 5.32 Å². The zero-order valence-electron chi connectivity index (χ0n) is 14.1. The summed E-state index contributed by atoms with van der Waals surface area (Å²) in [5.41, 5.74) is 2.86. The highest BCUT2D eigenvalue weighted by atomic mass is 16.5. The minimum absolute atomic E-state index is 0.248. The zero-order valence-corrected chi connectivity index (χ0v) is 14.1. The predicted octanol–water partition coefficient (Wildman–Crippen LogP) is 2.98. The van der Waals surface area contributed by atoms with E-state index < -0.39 is 5.97 Å². The SMILES string of the molecule is COC(=O)c1ccc2c(c1)NC(=O)/C2=C/c1cc(OC)ccc1OC. The minimum atomic E-state index is -0.455. The summed E-state index contributed by atoms with van der Waals surface area (Å²) in [5.74, 6) is 0.582. The van der Waals surface area contributed by atoms with Crippen molar-refractivity contribution < 1.29 is 23.8 Å². The van der Waals surface area contributed by atoms with E-state index in [9.17, 15) is 9.59 Å². The van der Waals surface area contributed by atoms with Crippen molar-refractivity contribution in [2.45, 2.75) is 0 Å². The Balaban J connectivity index is 2.07. The Morgan fingerprint density at radius 2 is 1.84 bits per heavy atom. The second-order valence-corrected chi connectivity index (χ2v) is 5.37. The number of carbonyl (C=O) groups excluding carboxylic acids is 2. The quantitative estimate of drug-likeness (QED) is 0.685. The number of esters is 1. The fourth-order valence-corrected chi connectivity index (χ4v) is 2.69. The Bertz CT molecular complexity index is 885. The van der Waals surface area contributed by atoms with Crippen molar-refractivity contribution in [3.8, 4) is 11.5 Å². The highest BCUT2D eigenvalue weighted by Gasteiger charge is 2.25. The van der Waals surface area contributed by atoms with E-state index in [1.807, 2.05) is 0 Å². The maximum atomic E-state index is 12.4. The maximum Gasteiger partial charge on any atom is 0.337 e. The second-order valence-electron chi connectivity index (χ2n) is 5.37. The Morgan fingerprint density at radius 1 is 1.04 bits per heavy atom. The van der Waals surface area contributed by atoms with Crippen LogP contribution in [0.3, 0.4) is 0 Å². The Kier molecular flexibility index (Phi) is 4.43. The largest absolute Gasteiger partial charge is 0.497 e. The van der Waals surface area contributed by atoms with Crippen molar-refractivity contribution in [1.82, 2.24) is 0 Å². The van der Waals surface area contributed by atoms with Crippen LogP contribution in [0, 0.1) is 0 Å². The number of hydrogen-bond donors (Lipinski definition) is 1. The summed E-state index contributed by atoms with van der Waals surface area (Å²) in [5, 5.41) is 2.77. The van der Waals surface area contributed by atoms with Crippen molar-refractivity contribution in [2.75, 3.05) is 26.6 Å². The Morgan fingerprint density at radius 3 is 2.52 bits per heavy atom. The summed E-state index contributed by atoms with van der Waals surface area (Å²) in [6, 6.07) is 10.3. The molecule has 0 aliphatic carbocycles. The van der Waals surface area contributed by atoms with Gasteiger partial charge in [0, 0.05) is 22.4 Å². The van der Waals surface area contributed by atoms with E-state index >= 15 is 0 Å². The van der Waals surface area contributed by atoms with E-state index in [1.54, 1.807) is 56.7 Å². The first-order valence-electron chi connectivity index (χ1n) is 7.55. The first-order chi connectivity index (χ1) is 12.1. The molecule has 6 nitrogen and oxygen atoms in total. The molecule has 0 atom stereocenters. The molecule has 0 saturated heterocycles. The molecule has 0 unspecified atom stereocenters. The molecule has 25 heavy (non-hydrogen) atoms. The van der Waals surface area contributed by atoms with E-state index in [0.29, 0.717) is 33.9 Å². The molecule has 1 aliphatic heterocycles. The van der Waals surface area contributed by atoms with Gasteiger partial charge in [-0.15, -0.1) is 0 Å². The molecule has 1 N–H and O–H groups in total. The van der Waals surface area contributed by atoms with E-state index in [4.69, 9.17) is 14.2 Å². The number of ether oxygens (including phenoxy) is 3. The van der Waals surface area contributed by atoms with Gasteiger partial charge in [-0.3, -0.25) is 4.79 Å².